The molecule has 1 fully saturated rings. The molecule has 0 aromatic carbocycles. The number of aromatic nitrogens is 2. The molecule has 3 atom stereocenters. The molecule has 1 aliphatic heterocycles. The van der Waals surface area contributed by atoms with Crippen molar-refractivity contribution >= 4 is 12.0 Å². The van der Waals surface area contributed by atoms with Crippen LogP contribution >= 0.6 is 0 Å². The van der Waals surface area contributed by atoms with Gasteiger partial charge in [-0.25, -0.2) is 0 Å². The summed E-state index contributed by atoms with van der Waals surface area (Å²) in [7, 11) is 1.81. The van der Waals surface area contributed by atoms with E-state index < -0.39 is 18.2 Å². The fourth-order valence-corrected chi connectivity index (χ4v) is 2.61. The summed E-state index contributed by atoms with van der Waals surface area (Å²) in [5.41, 5.74) is 0.825. The van der Waals surface area contributed by atoms with E-state index in [2.05, 4.69) is 5.10 Å². The molecule has 2 N–H and O–H groups in total. The number of aliphatic hydroxyl groups is 2. The quantitative estimate of drug-likeness (QED) is 0.747. The molecule has 1 aromatic heterocycles. The lowest BCUT2D eigenvalue weighted by molar-refractivity contribution is -0.153. The number of rotatable bonds is 5. The van der Waals surface area contributed by atoms with Gasteiger partial charge >= 0.3 is 0 Å². The molecule has 128 valence electrons. The largest absolute Gasteiger partial charge is 0.388 e. The Hall–Kier alpha value is -1.70. The third kappa shape index (κ3) is 4.63. The Labute approximate surface area is 136 Å². The third-order valence-electron chi connectivity index (χ3n) is 3.75. The standard InChI is InChI=1S/C16H25N3O4/c1-11(2)7-19(13-9-23-10-14(20)16(13)22)15(21)5-4-12-6-17-18(3)8-12/h4-6,8,11,13-14,16,20,22H,7,9-10H2,1-3H3/b5-4+/t13-,14-,16+/m1/s1. The average molecular weight is 323 g/mol. The normalized spacial score (nSPS) is 25.2. The first-order chi connectivity index (χ1) is 10.9. The number of aryl methyl sites for hydroxylation is 1. The highest BCUT2D eigenvalue weighted by atomic mass is 16.5. The van der Waals surface area contributed by atoms with Gasteiger partial charge in [-0.1, -0.05) is 13.8 Å². The maximum absolute atomic E-state index is 12.6. The molecule has 1 aromatic rings. The Kier molecular flexibility index (Phi) is 5.92. The number of nitrogens with zero attached hydrogens (tertiary/aromatic N) is 3. The maximum atomic E-state index is 12.6. The average Bonchev–Trinajstić information content (AvgIpc) is 2.91. The van der Waals surface area contributed by atoms with E-state index in [1.807, 2.05) is 13.8 Å². The smallest absolute Gasteiger partial charge is 0.247 e. The second-order valence-corrected chi connectivity index (χ2v) is 6.33. The lowest BCUT2D eigenvalue weighted by Gasteiger charge is -2.39. The monoisotopic (exact) mass is 323 g/mol. The van der Waals surface area contributed by atoms with Crippen molar-refractivity contribution in [1.29, 1.82) is 0 Å². The predicted molar refractivity (Wildman–Crippen MR) is 85.4 cm³/mol. The zero-order chi connectivity index (χ0) is 17.0. The number of hydrogen-bond donors (Lipinski definition) is 2. The van der Waals surface area contributed by atoms with Crippen LogP contribution in [0, 0.1) is 5.92 Å². The Morgan fingerprint density at radius 3 is 2.87 bits per heavy atom. The minimum Gasteiger partial charge on any atom is -0.388 e. The molecule has 0 aliphatic carbocycles. The van der Waals surface area contributed by atoms with Gasteiger partial charge in [0.1, 0.15) is 12.2 Å². The van der Waals surface area contributed by atoms with Crippen molar-refractivity contribution < 1.29 is 19.7 Å². The summed E-state index contributed by atoms with van der Waals surface area (Å²) >= 11 is 0. The second kappa shape index (κ2) is 7.72. The van der Waals surface area contributed by atoms with Crippen LogP contribution in [-0.2, 0) is 16.6 Å². The van der Waals surface area contributed by atoms with Crippen molar-refractivity contribution in [1.82, 2.24) is 14.7 Å². The molecule has 2 heterocycles. The van der Waals surface area contributed by atoms with Crippen LogP contribution in [0.2, 0.25) is 0 Å². The number of aliphatic hydroxyl groups excluding tert-OH is 2. The molecule has 0 saturated carbocycles. The minimum atomic E-state index is -1.00. The van der Waals surface area contributed by atoms with E-state index in [1.165, 1.54) is 6.08 Å². The van der Waals surface area contributed by atoms with Crippen LogP contribution in [0.25, 0.3) is 6.08 Å². The van der Waals surface area contributed by atoms with Crippen molar-refractivity contribution in [2.75, 3.05) is 19.8 Å². The maximum Gasteiger partial charge on any atom is 0.247 e. The lowest BCUT2D eigenvalue weighted by Crippen LogP contribution is -2.58. The SMILES string of the molecule is CC(C)CN(C(=O)/C=C/c1cnn(C)c1)[C@@H]1COC[C@@H](O)[C@H]1O. The fourth-order valence-electron chi connectivity index (χ4n) is 2.61. The van der Waals surface area contributed by atoms with Gasteiger partial charge in [-0.3, -0.25) is 9.48 Å². The van der Waals surface area contributed by atoms with E-state index in [-0.39, 0.29) is 25.0 Å². The Bertz CT molecular complexity index is 555. The summed E-state index contributed by atoms with van der Waals surface area (Å²) in [6.07, 6.45) is 4.65. The molecule has 7 nitrogen and oxygen atoms in total. The summed E-state index contributed by atoms with van der Waals surface area (Å²) < 4.78 is 6.96. The molecule has 1 saturated heterocycles. The first kappa shape index (κ1) is 17.7. The molecule has 0 bridgehead atoms. The highest BCUT2D eigenvalue weighted by Gasteiger charge is 2.37. The molecule has 7 heteroatoms. The van der Waals surface area contributed by atoms with Crippen molar-refractivity contribution in [3.05, 3.63) is 24.0 Å². The zero-order valence-corrected chi connectivity index (χ0v) is 13.8. The molecule has 0 radical (unpaired) electrons. The van der Waals surface area contributed by atoms with Gasteiger partial charge in [0, 0.05) is 31.4 Å². The number of ether oxygens (including phenoxy) is 1. The van der Waals surface area contributed by atoms with E-state index in [1.54, 1.807) is 35.1 Å². The summed E-state index contributed by atoms with van der Waals surface area (Å²) in [4.78, 5) is 14.1. The molecular formula is C16H25N3O4. The molecular weight excluding hydrogens is 298 g/mol. The van der Waals surface area contributed by atoms with Gasteiger partial charge in [0.05, 0.1) is 25.5 Å². The first-order valence-electron chi connectivity index (χ1n) is 7.79. The van der Waals surface area contributed by atoms with Gasteiger partial charge < -0.3 is 19.8 Å². The van der Waals surface area contributed by atoms with Crippen LogP contribution in [0.15, 0.2) is 18.5 Å². The topological polar surface area (TPSA) is 87.8 Å². The zero-order valence-electron chi connectivity index (χ0n) is 13.8. The van der Waals surface area contributed by atoms with Gasteiger partial charge in [-0.05, 0) is 12.0 Å². The molecule has 2 rings (SSSR count). The first-order valence-corrected chi connectivity index (χ1v) is 7.79. The second-order valence-electron chi connectivity index (χ2n) is 6.33. The summed E-state index contributed by atoms with van der Waals surface area (Å²) in [5.74, 6) is 0.0151. The van der Waals surface area contributed by atoms with Crippen molar-refractivity contribution in [2.45, 2.75) is 32.1 Å². The van der Waals surface area contributed by atoms with Gasteiger partial charge in [-0.15, -0.1) is 0 Å². The van der Waals surface area contributed by atoms with Crippen molar-refractivity contribution in [2.24, 2.45) is 13.0 Å². The van der Waals surface area contributed by atoms with Crippen LogP contribution in [-0.4, -0.2) is 68.8 Å². The summed E-state index contributed by atoms with van der Waals surface area (Å²) in [6.45, 7) is 4.79. The molecule has 0 unspecified atom stereocenters. The summed E-state index contributed by atoms with van der Waals surface area (Å²) in [6, 6.07) is -0.549. The Balaban J connectivity index is 2.13. The number of carbonyl (C=O) groups excluding carboxylic acids is 1. The van der Waals surface area contributed by atoms with Crippen LogP contribution in [0.1, 0.15) is 19.4 Å². The number of amides is 1. The van der Waals surface area contributed by atoms with Gasteiger partial charge in [-0.2, -0.15) is 5.10 Å². The number of hydrogen-bond acceptors (Lipinski definition) is 5. The molecule has 1 aliphatic rings. The van der Waals surface area contributed by atoms with Crippen molar-refractivity contribution in [3.8, 4) is 0 Å². The molecule has 0 spiro atoms. The fraction of sp³-hybridized carbons (Fsp3) is 0.625. The van der Waals surface area contributed by atoms with E-state index in [0.29, 0.717) is 6.54 Å². The van der Waals surface area contributed by atoms with E-state index in [0.717, 1.165) is 5.56 Å². The Morgan fingerprint density at radius 1 is 1.52 bits per heavy atom. The third-order valence-corrected chi connectivity index (χ3v) is 3.75. The number of carbonyl (C=O) groups is 1. The lowest BCUT2D eigenvalue weighted by atomic mass is 10.0. The highest BCUT2D eigenvalue weighted by Crippen LogP contribution is 2.17. The molecule has 23 heavy (non-hydrogen) atoms. The van der Waals surface area contributed by atoms with Crippen LogP contribution in [0.3, 0.4) is 0 Å². The molecule has 1 amide bonds. The Morgan fingerprint density at radius 2 is 2.26 bits per heavy atom. The van der Waals surface area contributed by atoms with Crippen molar-refractivity contribution in [3.63, 3.8) is 0 Å². The minimum absolute atomic E-state index is 0.0902. The van der Waals surface area contributed by atoms with Crippen LogP contribution in [0.4, 0.5) is 0 Å². The van der Waals surface area contributed by atoms with E-state index in [4.69, 9.17) is 4.74 Å². The van der Waals surface area contributed by atoms with Crippen LogP contribution < -0.4 is 0 Å². The van der Waals surface area contributed by atoms with Gasteiger partial charge in [0.15, 0.2) is 0 Å². The van der Waals surface area contributed by atoms with Gasteiger partial charge in [0.2, 0.25) is 5.91 Å². The highest BCUT2D eigenvalue weighted by molar-refractivity contribution is 5.92. The van der Waals surface area contributed by atoms with Gasteiger partial charge in [0.25, 0.3) is 0 Å². The summed E-state index contributed by atoms with van der Waals surface area (Å²) in [5, 5.41) is 24.0. The van der Waals surface area contributed by atoms with Crippen LogP contribution in [0.5, 0.6) is 0 Å². The van der Waals surface area contributed by atoms with E-state index in [9.17, 15) is 15.0 Å². The predicted octanol–water partition coefficient (Wildman–Crippen LogP) is 0.0385. The van der Waals surface area contributed by atoms with E-state index >= 15 is 0 Å².